The van der Waals surface area contributed by atoms with Gasteiger partial charge in [-0.3, -0.25) is 9.59 Å². The smallest absolute Gasteiger partial charge is 0.410 e. The Hall–Kier alpha value is -2.57. The molecule has 1 aromatic rings. The van der Waals surface area contributed by atoms with Crippen LogP contribution in [-0.2, 0) is 30.4 Å². The van der Waals surface area contributed by atoms with Crippen molar-refractivity contribution in [3.63, 3.8) is 0 Å². The topological polar surface area (TPSA) is 82.1 Å². The zero-order valence-corrected chi connectivity index (χ0v) is 15.2. The van der Waals surface area contributed by atoms with Gasteiger partial charge in [-0.15, -0.1) is 0 Å². The van der Waals surface area contributed by atoms with Crippen LogP contribution in [0.25, 0.3) is 0 Å². The molecule has 0 saturated carbocycles. The van der Waals surface area contributed by atoms with Gasteiger partial charge in [-0.1, -0.05) is 30.3 Å². The van der Waals surface area contributed by atoms with Crippen molar-refractivity contribution in [1.82, 2.24) is 4.90 Å². The summed E-state index contributed by atoms with van der Waals surface area (Å²) < 4.78 is 15.5. The van der Waals surface area contributed by atoms with Crippen LogP contribution in [0.5, 0.6) is 0 Å². The van der Waals surface area contributed by atoms with Crippen LogP contribution in [0.2, 0.25) is 0 Å². The molecule has 1 aromatic carbocycles. The van der Waals surface area contributed by atoms with Crippen LogP contribution in [0.15, 0.2) is 30.3 Å². The minimum absolute atomic E-state index is 0.0989. The minimum atomic E-state index is -1.49. The van der Waals surface area contributed by atoms with Gasteiger partial charge in [-0.25, -0.2) is 4.79 Å². The van der Waals surface area contributed by atoms with Crippen LogP contribution in [0, 0.1) is 5.41 Å². The first-order valence-corrected chi connectivity index (χ1v) is 8.83. The molecule has 0 radical (unpaired) electrons. The van der Waals surface area contributed by atoms with Crippen molar-refractivity contribution < 1.29 is 28.6 Å². The van der Waals surface area contributed by atoms with Crippen molar-refractivity contribution in [3.8, 4) is 0 Å². The number of ether oxygens (including phenoxy) is 3. The summed E-state index contributed by atoms with van der Waals surface area (Å²) in [6.45, 7) is 4.09. The van der Waals surface area contributed by atoms with E-state index in [1.807, 2.05) is 30.3 Å². The molecule has 7 nitrogen and oxygen atoms in total. The second-order valence-electron chi connectivity index (χ2n) is 6.09. The molecule has 142 valence electrons. The number of hydrogen-bond donors (Lipinski definition) is 0. The third-order valence-corrected chi connectivity index (χ3v) is 4.29. The van der Waals surface area contributed by atoms with Crippen molar-refractivity contribution in [2.75, 3.05) is 26.3 Å². The highest BCUT2D eigenvalue weighted by Gasteiger charge is 2.52. The normalized spacial score (nSPS) is 15.8. The molecule has 0 aliphatic carbocycles. The Morgan fingerprint density at radius 1 is 1.00 bits per heavy atom. The number of hydrogen-bond acceptors (Lipinski definition) is 6. The van der Waals surface area contributed by atoms with Crippen LogP contribution in [0.1, 0.15) is 32.3 Å². The Kier molecular flexibility index (Phi) is 7.00. The number of carbonyl (C=O) groups is 3. The standard InChI is InChI=1S/C19H25NO6/c1-3-24-16(21)19(17(22)25-4-2)11-8-12-20(14-19)18(23)26-13-15-9-6-5-7-10-15/h5-7,9-10H,3-4,8,11-14H2,1-2H3. The van der Waals surface area contributed by atoms with Crippen molar-refractivity contribution >= 4 is 18.0 Å². The lowest BCUT2D eigenvalue weighted by Gasteiger charge is -2.38. The van der Waals surface area contributed by atoms with E-state index in [1.165, 1.54) is 4.90 Å². The number of amides is 1. The fourth-order valence-corrected chi connectivity index (χ4v) is 2.98. The highest BCUT2D eigenvalue weighted by Crippen LogP contribution is 2.33. The van der Waals surface area contributed by atoms with Crippen LogP contribution in [0.3, 0.4) is 0 Å². The highest BCUT2D eigenvalue weighted by atomic mass is 16.6. The lowest BCUT2D eigenvalue weighted by atomic mass is 9.80. The molecule has 26 heavy (non-hydrogen) atoms. The number of nitrogens with zero attached hydrogens (tertiary/aromatic N) is 1. The van der Waals surface area contributed by atoms with Crippen LogP contribution in [-0.4, -0.2) is 49.2 Å². The molecule has 0 atom stereocenters. The second kappa shape index (κ2) is 9.22. The van der Waals surface area contributed by atoms with E-state index in [9.17, 15) is 14.4 Å². The molecule has 1 amide bonds. The zero-order chi connectivity index (χ0) is 19.0. The molecule has 0 spiro atoms. The number of esters is 2. The maximum absolute atomic E-state index is 12.5. The Morgan fingerprint density at radius 3 is 2.19 bits per heavy atom. The van der Waals surface area contributed by atoms with Gasteiger partial charge in [0, 0.05) is 6.54 Å². The first-order chi connectivity index (χ1) is 12.5. The summed E-state index contributed by atoms with van der Waals surface area (Å²) >= 11 is 0. The quantitative estimate of drug-likeness (QED) is 0.439. The first kappa shape index (κ1) is 19.8. The fraction of sp³-hybridized carbons (Fsp3) is 0.526. The first-order valence-electron chi connectivity index (χ1n) is 8.83. The average Bonchev–Trinajstić information content (AvgIpc) is 2.67. The molecule has 1 fully saturated rings. The lowest BCUT2D eigenvalue weighted by molar-refractivity contribution is -0.175. The summed E-state index contributed by atoms with van der Waals surface area (Å²) in [5, 5.41) is 0. The third-order valence-electron chi connectivity index (χ3n) is 4.29. The molecule has 7 heteroatoms. The van der Waals surface area contributed by atoms with E-state index in [-0.39, 0.29) is 32.8 Å². The number of benzene rings is 1. The molecular weight excluding hydrogens is 338 g/mol. The summed E-state index contributed by atoms with van der Waals surface area (Å²) in [6.07, 6.45) is 0.206. The van der Waals surface area contributed by atoms with Crippen LogP contribution >= 0.6 is 0 Å². The Balaban J connectivity index is 2.08. The predicted molar refractivity (Wildman–Crippen MR) is 93.1 cm³/mol. The summed E-state index contributed by atoms with van der Waals surface area (Å²) in [4.78, 5) is 38.8. The zero-order valence-electron chi connectivity index (χ0n) is 15.2. The van der Waals surface area contributed by atoms with E-state index < -0.39 is 23.4 Å². The van der Waals surface area contributed by atoms with E-state index in [4.69, 9.17) is 14.2 Å². The van der Waals surface area contributed by atoms with Gasteiger partial charge < -0.3 is 19.1 Å². The van der Waals surface area contributed by atoms with Gasteiger partial charge in [0.15, 0.2) is 5.41 Å². The molecule has 2 rings (SSSR count). The Bertz CT molecular complexity index is 612. The molecule has 1 aliphatic heterocycles. The number of carbonyl (C=O) groups excluding carboxylic acids is 3. The monoisotopic (exact) mass is 363 g/mol. The van der Waals surface area contributed by atoms with Gasteiger partial charge in [0.2, 0.25) is 0 Å². The summed E-state index contributed by atoms with van der Waals surface area (Å²) in [6, 6.07) is 9.30. The van der Waals surface area contributed by atoms with Crippen molar-refractivity contribution in [3.05, 3.63) is 35.9 Å². The summed E-state index contributed by atoms with van der Waals surface area (Å²) in [5.41, 5.74) is -0.629. The molecule has 0 bridgehead atoms. The van der Waals surface area contributed by atoms with E-state index in [0.717, 1.165) is 5.56 Å². The van der Waals surface area contributed by atoms with E-state index >= 15 is 0 Å². The molecule has 0 unspecified atom stereocenters. The minimum Gasteiger partial charge on any atom is -0.465 e. The van der Waals surface area contributed by atoms with Gasteiger partial charge in [-0.2, -0.15) is 0 Å². The van der Waals surface area contributed by atoms with E-state index in [2.05, 4.69) is 0 Å². The largest absolute Gasteiger partial charge is 0.465 e. The third kappa shape index (κ3) is 4.53. The molecule has 0 N–H and O–H groups in total. The van der Waals surface area contributed by atoms with Gasteiger partial charge in [-0.05, 0) is 32.3 Å². The molecule has 1 aliphatic rings. The number of piperidine rings is 1. The van der Waals surface area contributed by atoms with Crippen LogP contribution in [0.4, 0.5) is 4.79 Å². The van der Waals surface area contributed by atoms with Gasteiger partial charge in [0.25, 0.3) is 0 Å². The molecule has 1 saturated heterocycles. The Morgan fingerprint density at radius 2 is 1.62 bits per heavy atom. The maximum atomic E-state index is 12.5. The Labute approximate surface area is 153 Å². The second-order valence-corrected chi connectivity index (χ2v) is 6.09. The van der Waals surface area contributed by atoms with E-state index in [0.29, 0.717) is 13.0 Å². The van der Waals surface area contributed by atoms with E-state index in [1.54, 1.807) is 13.8 Å². The average molecular weight is 363 g/mol. The predicted octanol–water partition coefficient (Wildman–Crippen LogP) is 2.53. The summed E-state index contributed by atoms with van der Waals surface area (Å²) in [7, 11) is 0. The van der Waals surface area contributed by atoms with Gasteiger partial charge in [0.1, 0.15) is 6.61 Å². The number of likely N-dealkylation sites (tertiary alicyclic amines) is 1. The summed E-state index contributed by atoms with van der Waals surface area (Å²) in [5.74, 6) is -1.31. The number of rotatable bonds is 6. The highest BCUT2D eigenvalue weighted by molar-refractivity contribution is 6.01. The molecule has 0 aromatic heterocycles. The van der Waals surface area contributed by atoms with Gasteiger partial charge in [0.05, 0.1) is 19.8 Å². The van der Waals surface area contributed by atoms with Crippen molar-refractivity contribution in [1.29, 1.82) is 0 Å². The van der Waals surface area contributed by atoms with Crippen molar-refractivity contribution in [2.45, 2.75) is 33.3 Å². The maximum Gasteiger partial charge on any atom is 0.410 e. The van der Waals surface area contributed by atoms with Gasteiger partial charge >= 0.3 is 18.0 Å². The lowest BCUT2D eigenvalue weighted by Crippen LogP contribution is -2.55. The van der Waals surface area contributed by atoms with Crippen LogP contribution < -0.4 is 0 Å². The fourth-order valence-electron chi connectivity index (χ4n) is 2.98. The molecule has 1 heterocycles. The SMILES string of the molecule is CCOC(=O)C1(C(=O)OCC)CCCN(C(=O)OCc2ccccc2)C1. The van der Waals surface area contributed by atoms with Crippen molar-refractivity contribution in [2.24, 2.45) is 5.41 Å². The molecular formula is C19H25NO6.